The molecule has 1 aromatic heterocycles. The van der Waals surface area contributed by atoms with E-state index in [4.69, 9.17) is 4.74 Å². The number of aromatic nitrogens is 3. The van der Waals surface area contributed by atoms with E-state index in [-0.39, 0.29) is 0 Å². The van der Waals surface area contributed by atoms with Crippen molar-refractivity contribution >= 4 is 0 Å². The van der Waals surface area contributed by atoms with E-state index in [0.29, 0.717) is 5.92 Å². The molecule has 0 amide bonds. The zero-order valence-electron chi connectivity index (χ0n) is 10.8. The first-order valence-corrected chi connectivity index (χ1v) is 6.35. The topological polar surface area (TPSA) is 39.9 Å². The molecule has 4 heteroatoms. The zero-order chi connectivity index (χ0) is 12.5. The number of aryl methyl sites for hydroxylation is 1. The minimum Gasteiger partial charge on any atom is -0.496 e. The molecule has 1 aliphatic rings. The summed E-state index contributed by atoms with van der Waals surface area (Å²) in [4.78, 5) is 0. The summed E-state index contributed by atoms with van der Waals surface area (Å²) in [6.45, 7) is 3.27. The summed E-state index contributed by atoms with van der Waals surface area (Å²) >= 11 is 0. The lowest BCUT2D eigenvalue weighted by molar-refractivity contribution is 0.394. The van der Waals surface area contributed by atoms with E-state index in [9.17, 15) is 0 Å². The second-order valence-electron chi connectivity index (χ2n) is 4.89. The molecule has 0 bridgehead atoms. The second-order valence-corrected chi connectivity index (χ2v) is 4.89. The van der Waals surface area contributed by atoms with Crippen molar-refractivity contribution in [3.8, 4) is 17.1 Å². The van der Waals surface area contributed by atoms with Crippen molar-refractivity contribution in [3.05, 3.63) is 30.1 Å². The third-order valence-electron chi connectivity index (χ3n) is 3.53. The zero-order valence-corrected chi connectivity index (χ0v) is 10.8. The van der Waals surface area contributed by atoms with Gasteiger partial charge in [0.2, 0.25) is 0 Å². The van der Waals surface area contributed by atoms with Gasteiger partial charge in [0.25, 0.3) is 0 Å². The van der Waals surface area contributed by atoms with Crippen LogP contribution in [-0.2, 0) is 13.0 Å². The highest BCUT2D eigenvalue weighted by Crippen LogP contribution is 2.31. The summed E-state index contributed by atoms with van der Waals surface area (Å²) in [7, 11) is 1.69. The largest absolute Gasteiger partial charge is 0.496 e. The molecule has 0 spiro atoms. The summed E-state index contributed by atoms with van der Waals surface area (Å²) in [5.74, 6) is 3.55. The maximum atomic E-state index is 5.41. The molecule has 4 nitrogen and oxygen atoms in total. The van der Waals surface area contributed by atoms with E-state index >= 15 is 0 Å². The van der Waals surface area contributed by atoms with Crippen LogP contribution < -0.4 is 4.74 Å². The SMILES string of the molecule is COc1ccccc1-c1nnc2n1CC(C)CC2. The van der Waals surface area contributed by atoms with Crippen LogP contribution >= 0.6 is 0 Å². The number of hydrogen-bond donors (Lipinski definition) is 0. The Hall–Kier alpha value is -1.84. The van der Waals surface area contributed by atoms with Crippen molar-refractivity contribution in [1.29, 1.82) is 0 Å². The summed E-state index contributed by atoms with van der Waals surface area (Å²) in [6, 6.07) is 7.98. The first-order chi connectivity index (χ1) is 8.79. The number of fused-ring (bicyclic) bond motifs is 1. The molecular weight excluding hydrogens is 226 g/mol. The molecule has 1 unspecified atom stereocenters. The number of methoxy groups -OCH3 is 1. The molecular formula is C14H17N3O. The van der Waals surface area contributed by atoms with Crippen molar-refractivity contribution in [2.24, 2.45) is 5.92 Å². The Balaban J connectivity index is 2.10. The minimum atomic E-state index is 0.682. The van der Waals surface area contributed by atoms with Gasteiger partial charge in [-0.3, -0.25) is 0 Å². The van der Waals surface area contributed by atoms with Crippen LogP contribution in [0.4, 0.5) is 0 Å². The third kappa shape index (κ3) is 1.78. The Morgan fingerprint density at radius 2 is 2.11 bits per heavy atom. The lowest BCUT2D eigenvalue weighted by Gasteiger charge is -2.21. The van der Waals surface area contributed by atoms with Gasteiger partial charge < -0.3 is 9.30 Å². The van der Waals surface area contributed by atoms with Gasteiger partial charge in [0.15, 0.2) is 5.82 Å². The molecule has 0 radical (unpaired) electrons. The highest BCUT2D eigenvalue weighted by molar-refractivity contribution is 5.64. The van der Waals surface area contributed by atoms with Gasteiger partial charge in [0, 0.05) is 13.0 Å². The number of ether oxygens (including phenoxy) is 1. The van der Waals surface area contributed by atoms with E-state index in [1.807, 2.05) is 24.3 Å². The molecule has 3 rings (SSSR count). The van der Waals surface area contributed by atoms with Crippen molar-refractivity contribution in [3.63, 3.8) is 0 Å². The highest BCUT2D eigenvalue weighted by Gasteiger charge is 2.22. The summed E-state index contributed by atoms with van der Waals surface area (Å²) in [6.07, 6.45) is 2.22. The molecule has 94 valence electrons. The van der Waals surface area contributed by atoms with Gasteiger partial charge >= 0.3 is 0 Å². The van der Waals surface area contributed by atoms with Gasteiger partial charge in [-0.2, -0.15) is 0 Å². The molecule has 0 aliphatic carbocycles. The van der Waals surface area contributed by atoms with E-state index in [2.05, 4.69) is 21.7 Å². The first kappa shape index (κ1) is 11.3. The molecule has 1 aromatic carbocycles. The van der Waals surface area contributed by atoms with Gasteiger partial charge in [-0.15, -0.1) is 10.2 Å². The summed E-state index contributed by atoms with van der Waals surface area (Å²) < 4.78 is 7.63. The molecule has 18 heavy (non-hydrogen) atoms. The van der Waals surface area contributed by atoms with Crippen LogP contribution in [0.2, 0.25) is 0 Å². The molecule has 0 fully saturated rings. The summed E-state index contributed by atoms with van der Waals surface area (Å²) in [5, 5.41) is 8.64. The molecule has 2 heterocycles. The predicted molar refractivity (Wildman–Crippen MR) is 69.5 cm³/mol. The van der Waals surface area contributed by atoms with Gasteiger partial charge in [0.05, 0.1) is 12.7 Å². The fraction of sp³-hybridized carbons (Fsp3) is 0.429. The minimum absolute atomic E-state index is 0.682. The smallest absolute Gasteiger partial charge is 0.167 e. The van der Waals surface area contributed by atoms with Crippen molar-refractivity contribution < 1.29 is 4.74 Å². The lowest BCUT2D eigenvalue weighted by Crippen LogP contribution is -2.18. The van der Waals surface area contributed by atoms with Crippen LogP contribution in [0.1, 0.15) is 19.2 Å². The Morgan fingerprint density at radius 1 is 1.28 bits per heavy atom. The molecule has 0 N–H and O–H groups in total. The molecule has 0 saturated carbocycles. The predicted octanol–water partition coefficient (Wildman–Crippen LogP) is 2.54. The standard InChI is InChI=1S/C14H17N3O/c1-10-7-8-13-15-16-14(17(13)9-10)11-5-3-4-6-12(11)18-2/h3-6,10H,7-9H2,1-2H3. The van der Waals surface area contributed by atoms with Crippen LogP contribution in [0.25, 0.3) is 11.4 Å². The Morgan fingerprint density at radius 3 is 2.94 bits per heavy atom. The number of rotatable bonds is 2. The maximum Gasteiger partial charge on any atom is 0.167 e. The lowest BCUT2D eigenvalue weighted by atomic mass is 10.0. The van der Waals surface area contributed by atoms with E-state index in [1.54, 1.807) is 7.11 Å². The Labute approximate surface area is 107 Å². The molecule has 2 aromatic rings. The van der Waals surface area contributed by atoms with Gasteiger partial charge in [-0.25, -0.2) is 0 Å². The van der Waals surface area contributed by atoms with E-state index in [1.165, 1.54) is 6.42 Å². The fourth-order valence-electron chi connectivity index (χ4n) is 2.52. The van der Waals surface area contributed by atoms with Gasteiger partial charge in [0.1, 0.15) is 11.6 Å². The average molecular weight is 243 g/mol. The van der Waals surface area contributed by atoms with Crippen LogP contribution in [0.3, 0.4) is 0 Å². The normalized spacial score (nSPS) is 18.4. The maximum absolute atomic E-state index is 5.41. The number of para-hydroxylation sites is 1. The van der Waals surface area contributed by atoms with Crippen molar-refractivity contribution in [2.75, 3.05) is 7.11 Å². The molecule has 0 saturated heterocycles. The van der Waals surface area contributed by atoms with Crippen molar-refractivity contribution in [2.45, 2.75) is 26.3 Å². The average Bonchev–Trinajstić information content (AvgIpc) is 2.81. The Kier molecular flexibility index (Phi) is 2.78. The second kappa shape index (κ2) is 4.44. The Bertz CT molecular complexity index is 562. The summed E-state index contributed by atoms with van der Waals surface area (Å²) in [5.41, 5.74) is 1.02. The monoisotopic (exact) mass is 243 g/mol. The number of nitrogens with zero attached hydrogens (tertiary/aromatic N) is 3. The van der Waals surface area contributed by atoms with Crippen LogP contribution in [0.5, 0.6) is 5.75 Å². The fourth-order valence-corrected chi connectivity index (χ4v) is 2.52. The van der Waals surface area contributed by atoms with Crippen LogP contribution in [0.15, 0.2) is 24.3 Å². The van der Waals surface area contributed by atoms with Gasteiger partial charge in [-0.1, -0.05) is 19.1 Å². The van der Waals surface area contributed by atoms with Crippen LogP contribution in [0, 0.1) is 5.92 Å². The molecule has 1 atom stereocenters. The van der Waals surface area contributed by atoms with Crippen molar-refractivity contribution in [1.82, 2.24) is 14.8 Å². The quantitative estimate of drug-likeness (QED) is 0.813. The highest BCUT2D eigenvalue weighted by atomic mass is 16.5. The molecule has 1 aliphatic heterocycles. The van der Waals surface area contributed by atoms with E-state index < -0.39 is 0 Å². The van der Waals surface area contributed by atoms with Crippen LogP contribution in [-0.4, -0.2) is 21.9 Å². The first-order valence-electron chi connectivity index (χ1n) is 6.35. The third-order valence-corrected chi connectivity index (χ3v) is 3.53. The number of hydrogen-bond acceptors (Lipinski definition) is 3. The van der Waals surface area contributed by atoms with Gasteiger partial charge in [-0.05, 0) is 24.5 Å². The number of benzene rings is 1. The van der Waals surface area contributed by atoms with E-state index in [0.717, 1.165) is 35.9 Å².